The number of hydrogen-bond acceptors (Lipinski definition) is 8. The molecule has 0 aliphatic rings. The molecule has 2 rings (SSSR count). The fourth-order valence-electron chi connectivity index (χ4n) is 1.45. The number of rotatable bonds is 5. The van der Waals surface area contributed by atoms with Crippen LogP contribution in [-0.2, 0) is 10.0 Å². The first-order valence-electron chi connectivity index (χ1n) is 5.20. The average Bonchev–Trinajstić information content (AvgIpc) is 2.89. The van der Waals surface area contributed by atoms with Crippen LogP contribution in [0.1, 0.15) is 0 Å². The first-order chi connectivity index (χ1) is 9.44. The van der Waals surface area contributed by atoms with Crippen LogP contribution in [0.25, 0.3) is 0 Å². The number of hydrogen-bond donors (Lipinski definition) is 2. The molecular formula is C9H9N5O4S2. The minimum atomic E-state index is -3.84. The Morgan fingerprint density at radius 2 is 2.15 bits per heavy atom. The molecule has 1 heterocycles. The van der Waals surface area contributed by atoms with Crippen LogP contribution in [0.2, 0.25) is 0 Å². The van der Waals surface area contributed by atoms with E-state index in [2.05, 4.69) is 19.6 Å². The SMILES string of the molecule is CNc1cc(S(=O)(=O)Nc2cnns2)ccc1[N+](=O)[O-]. The lowest BCUT2D eigenvalue weighted by Gasteiger charge is -2.07. The largest absolute Gasteiger partial charge is 0.383 e. The minimum absolute atomic E-state index is 0.0964. The number of nitrogens with zero attached hydrogens (tertiary/aromatic N) is 3. The van der Waals surface area contributed by atoms with Crippen molar-refractivity contribution in [1.29, 1.82) is 0 Å². The van der Waals surface area contributed by atoms with E-state index in [1.807, 2.05) is 0 Å². The topological polar surface area (TPSA) is 127 Å². The van der Waals surface area contributed by atoms with Gasteiger partial charge in [-0.3, -0.25) is 14.8 Å². The molecule has 2 aromatic rings. The van der Waals surface area contributed by atoms with Gasteiger partial charge in [-0.2, -0.15) is 0 Å². The van der Waals surface area contributed by atoms with Crippen molar-refractivity contribution in [2.24, 2.45) is 0 Å². The van der Waals surface area contributed by atoms with E-state index in [-0.39, 0.29) is 21.3 Å². The van der Waals surface area contributed by atoms with Gasteiger partial charge >= 0.3 is 0 Å². The van der Waals surface area contributed by atoms with Crippen LogP contribution in [0.3, 0.4) is 0 Å². The number of sulfonamides is 1. The molecule has 0 atom stereocenters. The van der Waals surface area contributed by atoms with Gasteiger partial charge < -0.3 is 5.32 Å². The molecule has 2 N–H and O–H groups in total. The van der Waals surface area contributed by atoms with E-state index >= 15 is 0 Å². The molecule has 0 amide bonds. The summed E-state index contributed by atoms with van der Waals surface area (Å²) in [4.78, 5) is 10.1. The van der Waals surface area contributed by atoms with Gasteiger partial charge in [-0.15, -0.1) is 5.10 Å². The molecule has 0 bridgehead atoms. The third-order valence-electron chi connectivity index (χ3n) is 2.34. The van der Waals surface area contributed by atoms with Gasteiger partial charge in [0.1, 0.15) is 10.7 Å². The van der Waals surface area contributed by atoms with Gasteiger partial charge in [0, 0.05) is 24.6 Å². The molecular weight excluding hydrogens is 306 g/mol. The molecule has 1 aromatic heterocycles. The Morgan fingerprint density at radius 1 is 1.40 bits per heavy atom. The molecule has 0 aliphatic heterocycles. The molecule has 0 saturated heterocycles. The quantitative estimate of drug-likeness (QED) is 0.628. The van der Waals surface area contributed by atoms with Crippen LogP contribution in [0.5, 0.6) is 0 Å². The van der Waals surface area contributed by atoms with Gasteiger partial charge in [-0.05, 0) is 12.1 Å². The van der Waals surface area contributed by atoms with E-state index < -0.39 is 14.9 Å². The van der Waals surface area contributed by atoms with Gasteiger partial charge in [0.2, 0.25) is 0 Å². The lowest BCUT2D eigenvalue weighted by Crippen LogP contribution is -2.12. The zero-order valence-electron chi connectivity index (χ0n) is 10.1. The summed E-state index contributed by atoms with van der Waals surface area (Å²) in [6.07, 6.45) is 1.27. The summed E-state index contributed by atoms with van der Waals surface area (Å²) in [5.74, 6) is 0. The summed E-state index contributed by atoms with van der Waals surface area (Å²) in [6.45, 7) is 0. The summed E-state index contributed by atoms with van der Waals surface area (Å²) in [6, 6.07) is 3.48. The fraction of sp³-hybridized carbons (Fsp3) is 0.111. The average molecular weight is 315 g/mol. The Hall–Kier alpha value is -2.27. The summed E-state index contributed by atoms with van der Waals surface area (Å²) in [5.41, 5.74) is -0.0915. The Morgan fingerprint density at radius 3 is 2.70 bits per heavy atom. The molecule has 0 saturated carbocycles. The third kappa shape index (κ3) is 2.83. The smallest absolute Gasteiger partial charge is 0.292 e. The van der Waals surface area contributed by atoms with Gasteiger partial charge in [0.15, 0.2) is 0 Å². The van der Waals surface area contributed by atoms with E-state index in [1.54, 1.807) is 0 Å². The normalized spacial score (nSPS) is 11.1. The second-order valence-electron chi connectivity index (χ2n) is 3.57. The Balaban J connectivity index is 2.40. The van der Waals surface area contributed by atoms with Crippen molar-refractivity contribution in [2.75, 3.05) is 17.1 Å². The molecule has 106 valence electrons. The molecule has 11 heteroatoms. The second-order valence-corrected chi connectivity index (χ2v) is 6.04. The van der Waals surface area contributed by atoms with E-state index in [9.17, 15) is 18.5 Å². The molecule has 0 aliphatic carbocycles. The van der Waals surface area contributed by atoms with Crippen molar-refractivity contribution in [1.82, 2.24) is 9.59 Å². The number of benzene rings is 1. The van der Waals surface area contributed by atoms with Crippen molar-refractivity contribution >= 4 is 37.9 Å². The van der Waals surface area contributed by atoms with Gasteiger partial charge in [-0.1, -0.05) is 4.49 Å². The van der Waals surface area contributed by atoms with Gasteiger partial charge in [0.25, 0.3) is 15.7 Å². The van der Waals surface area contributed by atoms with Crippen molar-refractivity contribution in [3.8, 4) is 0 Å². The van der Waals surface area contributed by atoms with Crippen LogP contribution in [0.4, 0.5) is 16.4 Å². The van der Waals surface area contributed by atoms with Gasteiger partial charge in [0.05, 0.1) is 16.0 Å². The number of nitro benzene ring substituents is 1. The lowest BCUT2D eigenvalue weighted by molar-refractivity contribution is -0.384. The maximum atomic E-state index is 12.1. The van der Waals surface area contributed by atoms with E-state index in [0.717, 1.165) is 23.7 Å². The number of nitrogens with one attached hydrogen (secondary N) is 2. The molecule has 0 unspecified atom stereocenters. The Bertz CT molecular complexity index is 729. The third-order valence-corrected chi connectivity index (χ3v) is 4.41. The standard InChI is InChI=1S/C9H9N5O4S2/c1-10-7-4-6(2-3-8(7)14(15)16)20(17,18)12-9-5-11-13-19-9/h2-5,10,12H,1H3. The molecule has 0 fully saturated rings. The van der Waals surface area contributed by atoms with Crippen molar-refractivity contribution in [3.63, 3.8) is 0 Å². The maximum Gasteiger partial charge on any atom is 0.292 e. The fourth-order valence-corrected chi connectivity index (χ4v) is 3.16. The molecule has 0 spiro atoms. The summed E-state index contributed by atoms with van der Waals surface area (Å²) < 4.78 is 30.0. The predicted octanol–water partition coefficient (Wildman–Crippen LogP) is 1.29. The summed E-state index contributed by atoms with van der Waals surface area (Å²) in [7, 11) is -2.37. The predicted molar refractivity (Wildman–Crippen MR) is 73.4 cm³/mol. The van der Waals surface area contributed by atoms with Crippen molar-refractivity contribution in [3.05, 3.63) is 34.5 Å². The molecule has 0 radical (unpaired) electrons. The number of aromatic nitrogens is 2. The number of anilines is 2. The maximum absolute atomic E-state index is 12.1. The Kier molecular flexibility index (Phi) is 3.81. The van der Waals surface area contributed by atoms with E-state index in [0.29, 0.717) is 0 Å². The van der Waals surface area contributed by atoms with Crippen LogP contribution in [-0.4, -0.2) is 30.0 Å². The highest BCUT2D eigenvalue weighted by Crippen LogP contribution is 2.28. The van der Waals surface area contributed by atoms with Crippen LogP contribution < -0.4 is 10.0 Å². The molecule has 20 heavy (non-hydrogen) atoms. The highest BCUT2D eigenvalue weighted by atomic mass is 32.2. The zero-order valence-corrected chi connectivity index (χ0v) is 11.7. The summed E-state index contributed by atoms with van der Waals surface area (Å²) in [5, 5.41) is 17.1. The Labute approximate surface area is 118 Å². The zero-order chi connectivity index (χ0) is 14.8. The number of nitro groups is 1. The lowest BCUT2D eigenvalue weighted by atomic mass is 10.3. The first-order valence-corrected chi connectivity index (χ1v) is 7.46. The van der Waals surface area contributed by atoms with E-state index in [1.165, 1.54) is 19.3 Å². The second kappa shape index (κ2) is 5.38. The monoisotopic (exact) mass is 315 g/mol. The van der Waals surface area contributed by atoms with Crippen LogP contribution >= 0.6 is 11.5 Å². The highest BCUT2D eigenvalue weighted by molar-refractivity contribution is 7.93. The van der Waals surface area contributed by atoms with Crippen LogP contribution in [0, 0.1) is 10.1 Å². The van der Waals surface area contributed by atoms with Crippen molar-refractivity contribution in [2.45, 2.75) is 4.90 Å². The minimum Gasteiger partial charge on any atom is -0.383 e. The van der Waals surface area contributed by atoms with Gasteiger partial charge in [-0.25, -0.2) is 8.42 Å². The summed E-state index contributed by atoms with van der Waals surface area (Å²) >= 11 is 0.887. The first kappa shape index (κ1) is 14.1. The van der Waals surface area contributed by atoms with Crippen LogP contribution in [0.15, 0.2) is 29.3 Å². The molecule has 9 nitrogen and oxygen atoms in total. The highest BCUT2D eigenvalue weighted by Gasteiger charge is 2.20. The molecule has 1 aromatic carbocycles. The van der Waals surface area contributed by atoms with E-state index in [4.69, 9.17) is 0 Å². The van der Waals surface area contributed by atoms with Crippen molar-refractivity contribution < 1.29 is 13.3 Å².